The fourth-order valence-electron chi connectivity index (χ4n) is 1.78. The van der Waals surface area contributed by atoms with Crippen LogP contribution in [0.3, 0.4) is 0 Å². The number of thiophene rings is 1. The van der Waals surface area contributed by atoms with Crippen LogP contribution in [0.25, 0.3) is 0 Å². The lowest BCUT2D eigenvalue weighted by molar-refractivity contribution is 0.464. The standard InChI is InChI=1S/C13H23BrN2O2S2/c1-3-6-15-7-4-5-8-20(17,18)16(2)10-12-9-13(14)19-11-12/h9,11,15H,3-8,10H2,1-2H3. The van der Waals surface area contributed by atoms with Gasteiger partial charge in [0.25, 0.3) is 0 Å². The molecule has 0 aromatic carbocycles. The van der Waals surface area contributed by atoms with E-state index >= 15 is 0 Å². The highest BCUT2D eigenvalue weighted by molar-refractivity contribution is 9.11. The predicted octanol–water partition coefficient (Wildman–Crippen LogP) is 3.05. The van der Waals surface area contributed by atoms with Gasteiger partial charge >= 0.3 is 0 Å². The highest BCUT2D eigenvalue weighted by atomic mass is 79.9. The molecule has 0 fully saturated rings. The zero-order chi connectivity index (χ0) is 15.0. The van der Waals surface area contributed by atoms with E-state index in [0.717, 1.165) is 35.3 Å². The Labute approximate surface area is 134 Å². The maximum atomic E-state index is 12.1. The second-order valence-corrected chi connectivity index (χ2v) is 9.27. The number of hydrogen-bond donors (Lipinski definition) is 1. The minimum absolute atomic E-state index is 0.225. The quantitative estimate of drug-likeness (QED) is 0.632. The summed E-state index contributed by atoms with van der Waals surface area (Å²) in [6.45, 7) is 4.46. The van der Waals surface area contributed by atoms with E-state index in [2.05, 4.69) is 28.2 Å². The van der Waals surface area contributed by atoms with Gasteiger partial charge in [-0.25, -0.2) is 12.7 Å². The molecule has 20 heavy (non-hydrogen) atoms. The van der Waals surface area contributed by atoms with Crippen molar-refractivity contribution < 1.29 is 8.42 Å². The molecule has 0 spiro atoms. The van der Waals surface area contributed by atoms with Gasteiger partial charge in [-0.3, -0.25) is 0 Å². The Balaban J connectivity index is 2.32. The zero-order valence-electron chi connectivity index (χ0n) is 12.1. The molecule has 0 saturated carbocycles. The molecule has 1 heterocycles. The summed E-state index contributed by atoms with van der Waals surface area (Å²) in [6, 6.07) is 1.96. The normalized spacial score (nSPS) is 12.2. The van der Waals surface area contributed by atoms with Crippen molar-refractivity contribution in [3.63, 3.8) is 0 Å². The lowest BCUT2D eigenvalue weighted by atomic mass is 10.3. The summed E-state index contributed by atoms with van der Waals surface area (Å²) in [7, 11) is -1.50. The van der Waals surface area contributed by atoms with Gasteiger partial charge in [-0.2, -0.15) is 0 Å². The smallest absolute Gasteiger partial charge is 0.214 e. The van der Waals surface area contributed by atoms with Gasteiger partial charge in [-0.1, -0.05) is 6.92 Å². The number of unbranched alkanes of at least 4 members (excludes halogenated alkanes) is 1. The van der Waals surface area contributed by atoms with E-state index in [9.17, 15) is 8.42 Å². The fraction of sp³-hybridized carbons (Fsp3) is 0.692. The largest absolute Gasteiger partial charge is 0.317 e. The summed E-state index contributed by atoms with van der Waals surface area (Å²) < 4.78 is 26.7. The highest BCUT2D eigenvalue weighted by Crippen LogP contribution is 2.22. The van der Waals surface area contributed by atoms with Crippen molar-refractivity contribution >= 4 is 37.3 Å². The molecular formula is C13H23BrN2O2S2. The van der Waals surface area contributed by atoms with Crippen LogP contribution in [0.2, 0.25) is 0 Å². The average molecular weight is 383 g/mol. The van der Waals surface area contributed by atoms with Crippen molar-refractivity contribution in [2.45, 2.75) is 32.7 Å². The first kappa shape index (κ1) is 18.1. The summed E-state index contributed by atoms with van der Waals surface area (Å²) in [6.07, 6.45) is 2.71. The second-order valence-electron chi connectivity index (χ2n) is 4.79. The summed E-state index contributed by atoms with van der Waals surface area (Å²) in [4.78, 5) is 0. The van der Waals surface area contributed by atoms with Crippen molar-refractivity contribution in [2.75, 3.05) is 25.9 Å². The topological polar surface area (TPSA) is 49.4 Å². The molecule has 0 saturated heterocycles. The summed E-state index contributed by atoms with van der Waals surface area (Å²) in [5, 5.41) is 5.26. The number of sulfonamides is 1. The maximum absolute atomic E-state index is 12.1. The van der Waals surface area contributed by atoms with E-state index in [1.54, 1.807) is 18.4 Å². The molecule has 0 bridgehead atoms. The molecule has 116 valence electrons. The number of nitrogens with zero attached hydrogens (tertiary/aromatic N) is 1. The Bertz CT molecular complexity index is 488. The maximum Gasteiger partial charge on any atom is 0.214 e. The SMILES string of the molecule is CCCNCCCCS(=O)(=O)N(C)Cc1csc(Br)c1. The Morgan fingerprint density at radius 1 is 1.35 bits per heavy atom. The second kappa shape index (κ2) is 9.15. The van der Waals surface area contributed by atoms with Crippen LogP contribution in [0.1, 0.15) is 31.7 Å². The first-order valence-corrected chi connectivity index (χ1v) is 10.1. The van der Waals surface area contributed by atoms with Crippen molar-refractivity contribution in [1.29, 1.82) is 0 Å². The lowest BCUT2D eigenvalue weighted by Crippen LogP contribution is -2.29. The predicted molar refractivity (Wildman–Crippen MR) is 89.7 cm³/mol. The van der Waals surface area contributed by atoms with Crippen LogP contribution >= 0.6 is 27.3 Å². The van der Waals surface area contributed by atoms with Crippen LogP contribution in [0.4, 0.5) is 0 Å². The van der Waals surface area contributed by atoms with E-state index in [1.165, 1.54) is 4.31 Å². The van der Waals surface area contributed by atoms with Crippen LogP contribution < -0.4 is 5.32 Å². The molecule has 0 aliphatic rings. The monoisotopic (exact) mass is 382 g/mol. The highest BCUT2D eigenvalue weighted by Gasteiger charge is 2.17. The molecule has 0 unspecified atom stereocenters. The van der Waals surface area contributed by atoms with E-state index in [-0.39, 0.29) is 5.75 Å². The number of rotatable bonds is 10. The van der Waals surface area contributed by atoms with Gasteiger partial charge < -0.3 is 5.32 Å². The van der Waals surface area contributed by atoms with Gasteiger partial charge in [-0.05, 0) is 65.3 Å². The van der Waals surface area contributed by atoms with Crippen LogP contribution in [-0.4, -0.2) is 38.6 Å². The summed E-state index contributed by atoms with van der Waals surface area (Å²) in [5.74, 6) is 0.225. The van der Waals surface area contributed by atoms with Crippen LogP contribution in [0.5, 0.6) is 0 Å². The first-order chi connectivity index (χ1) is 9.45. The van der Waals surface area contributed by atoms with Crippen molar-refractivity contribution in [3.05, 3.63) is 20.8 Å². The molecule has 1 aromatic heterocycles. The van der Waals surface area contributed by atoms with Gasteiger partial charge in [-0.15, -0.1) is 11.3 Å². The molecular weight excluding hydrogens is 360 g/mol. The Morgan fingerprint density at radius 2 is 2.10 bits per heavy atom. The van der Waals surface area contributed by atoms with Crippen molar-refractivity contribution in [2.24, 2.45) is 0 Å². The van der Waals surface area contributed by atoms with E-state index in [0.29, 0.717) is 13.0 Å². The van der Waals surface area contributed by atoms with Crippen molar-refractivity contribution in [3.8, 4) is 0 Å². The average Bonchev–Trinajstić information content (AvgIpc) is 2.79. The van der Waals surface area contributed by atoms with Crippen LogP contribution in [0, 0.1) is 0 Å². The van der Waals surface area contributed by atoms with Crippen LogP contribution in [-0.2, 0) is 16.6 Å². The molecule has 0 amide bonds. The lowest BCUT2D eigenvalue weighted by Gasteiger charge is -2.16. The minimum Gasteiger partial charge on any atom is -0.317 e. The molecule has 0 radical (unpaired) electrons. The Kier molecular flexibility index (Phi) is 8.28. The van der Waals surface area contributed by atoms with E-state index in [4.69, 9.17) is 0 Å². The number of halogens is 1. The zero-order valence-corrected chi connectivity index (χ0v) is 15.3. The van der Waals surface area contributed by atoms with Crippen LogP contribution in [0.15, 0.2) is 15.2 Å². The van der Waals surface area contributed by atoms with Gasteiger partial charge in [0.05, 0.1) is 9.54 Å². The molecule has 0 aliphatic heterocycles. The molecule has 0 atom stereocenters. The minimum atomic E-state index is -3.15. The first-order valence-electron chi connectivity index (χ1n) is 6.83. The Hall–Kier alpha value is 0.0500. The van der Waals surface area contributed by atoms with E-state index < -0.39 is 10.0 Å². The summed E-state index contributed by atoms with van der Waals surface area (Å²) in [5.41, 5.74) is 1.03. The van der Waals surface area contributed by atoms with Gasteiger partial charge in [0, 0.05) is 13.6 Å². The molecule has 1 rings (SSSR count). The molecule has 1 N–H and O–H groups in total. The molecule has 7 heteroatoms. The van der Waals surface area contributed by atoms with E-state index in [1.807, 2.05) is 11.4 Å². The molecule has 0 aliphatic carbocycles. The molecule has 1 aromatic rings. The fourth-order valence-corrected chi connectivity index (χ4v) is 4.20. The van der Waals surface area contributed by atoms with Gasteiger partial charge in [0.15, 0.2) is 0 Å². The third kappa shape index (κ3) is 6.67. The number of nitrogens with one attached hydrogen (secondary N) is 1. The van der Waals surface area contributed by atoms with Crippen molar-refractivity contribution in [1.82, 2.24) is 9.62 Å². The van der Waals surface area contributed by atoms with Gasteiger partial charge in [0.2, 0.25) is 10.0 Å². The third-order valence-corrected chi connectivity index (χ3v) is 6.37. The van der Waals surface area contributed by atoms with Gasteiger partial charge in [0.1, 0.15) is 0 Å². The Morgan fingerprint density at radius 3 is 2.70 bits per heavy atom. The summed E-state index contributed by atoms with van der Waals surface area (Å²) >= 11 is 4.96. The molecule has 4 nitrogen and oxygen atoms in total. The number of hydrogen-bond acceptors (Lipinski definition) is 4. The third-order valence-electron chi connectivity index (χ3n) is 2.93.